The summed E-state index contributed by atoms with van der Waals surface area (Å²) in [6.07, 6.45) is 6.12. The number of hydrogen-bond donors (Lipinski definition) is 4. The quantitative estimate of drug-likeness (QED) is 0.244. The average molecular weight is 568 g/mol. The van der Waals surface area contributed by atoms with Crippen molar-refractivity contribution < 1.29 is 0 Å². The van der Waals surface area contributed by atoms with Crippen LogP contribution in [0.4, 0.5) is 0 Å². The van der Waals surface area contributed by atoms with Crippen LogP contribution >= 0.6 is 67.9 Å². The molecule has 0 spiro atoms. The van der Waals surface area contributed by atoms with Crippen molar-refractivity contribution in [3.8, 4) is 0 Å². The lowest BCUT2D eigenvalue weighted by Gasteiger charge is -2.06. The Hall–Kier alpha value is 1.76. The lowest BCUT2D eigenvalue weighted by atomic mass is 10.2. The topological polar surface area (TPSA) is 62.1 Å². The molecule has 5 N–H and O–H groups in total. The number of nitrogens with two attached hydrogens (primary N) is 1. The Morgan fingerprint density at radius 1 is 0.571 bits per heavy atom. The first-order valence-corrected chi connectivity index (χ1v) is 7.24. The maximum Gasteiger partial charge on any atom is -0.00368 e. The fourth-order valence-electron chi connectivity index (χ4n) is 1.67. The second-order valence-electron chi connectivity index (χ2n) is 4.41. The first-order chi connectivity index (χ1) is 8.41. The molecular formula is C13H36Br4N4. The second-order valence-corrected chi connectivity index (χ2v) is 4.41. The normalized spacial score (nSPS) is 8.86. The maximum atomic E-state index is 5.43. The van der Waals surface area contributed by atoms with Gasteiger partial charge in [-0.15, -0.1) is 67.9 Å². The molecule has 0 rings (SSSR count). The first-order valence-electron chi connectivity index (χ1n) is 7.24. The Balaban J connectivity index is -0.000000213. The third-order valence-corrected chi connectivity index (χ3v) is 2.72. The van der Waals surface area contributed by atoms with Crippen molar-refractivity contribution in [1.29, 1.82) is 0 Å². The average Bonchev–Trinajstić information content (AvgIpc) is 2.35. The van der Waals surface area contributed by atoms with Gasteiger partial charge in [0.15, 0.2) is 0 Å². The predicted octanol–water partition coefficient (Wildman–Crippen LogP) is 3.00. The number of hydrogen-bond acceptors (Lipinski definition) is 4. The van der Waals surface area contributed by atoms with Gasteiger partial charge in [-0.3, -0.25) is 0 Å². The standard InChI is InChI=1S/C13H32N4.4BrH/c1-2-15-10-6-11-17-13-7-12-16-9-5-3-4-8-14;;;;/h15-17H,2-14H2,1H3;4*1H. The zero-order chi connectivity index (χ0) is 12.6. The van der Waals surface area contributed by atoms with Crippen molar-refractivity contribution in [3.63, 3.8) is 0 Å². The fraction of sp³-hybridized carbons (Fsp3) is 1.00. The molecule has 0 amide bonds. The summed E-state index contributed by atoms with van der Waals surface area (Å²) in [4.78, 5) is 0. The molecule has 0 atom stereocenters. The highest BCUT2D eigenvalue weighted by molar-refractivity contribution is 8.93. The van der Waals surface area contributed by atoms with E-state index in [-0.39, 0.29) is 67.9 Å². The highest BCUT2D eigenvalue weighted by atomic mass is 79.9. The van der Waals surface area contributed by atoms with Crippen LogP contribution in [0.5, 0.6) is 0 Å². The molecule has 0 radical (unpaired) electrons. The summed E-state index contributed by atoms with van der Waals surface area (Å²) in [6.45, 7) is 9.70. The number of halogens is 4. The molecule has 0 fully saturated rings. The van der Waals surface area contributed by atoms with Crippen LogP contribution in [0, 0.1) is 0 Å². The molecule has 0 aliphatic carbocycles. The number of rotatable bonds is 14. The van der Waals surface area contributed by atoms with Crippen LogP contribution in [0.3, 0.4) is 0 Å². The molecule has 0 heterocycles. The van der Waals surface area contributed by atoms with Crippen molar-refractivity contribution in [3.05, 3.63) is 0 Å². The molecule has 0 bridgehead atoms. The Kier molecular flexibility index (Phi) is 54.3. The molecule has 4 nitrogen and oxygen atoms in total. The van der Waals surface area contributed by atoms with E-state index in [0.717, 1.165) is 52.2 Å². The van der Waals surface area contributed by atoms with Gasteiger partial charge in [0, 0.05) is 0 Å². The maximum absolute atomic E-state index is 5.43. The van der Waals surface area contributed by atoms with Crippen molar-refractivity contribution in [2.24, 2.45) is 5.73 Å². The van der Waals surface area contributed by atoms with Gasteiger partial charge in [-0.25, -0.2) is 0 Å². The van der Waals surface area contributed by atoms with E-state index in [9.17, 15) is 0 Å². The Morgan fingerprint density at radius 2 is 1.00 bits per heavy atom. The SMILES string of the molecule is Br.Br.Br.Br.CCNCCCNCCCNCCCCCN. The van der Waals surface area contributed by atoms with Crippen LogP contribution in [0.1, 0.15) is 39.0 Å². The van der Waals surface area contributed by atoms with Crippen molar-refractivity contribution in [2.45, 2.75) is 39.0 Å². The Labute approximate surface area is 173 Å². The summed E-state index contributed by atoms with van der Waals surface area (Å²) in [5, 5.41) is 10.2. The van der Waals surface area contributed by atoms with Crippen LogP contribution in [-0.2, 0) is 0 Å². The Morgan fingerprint density at radius 3 is 1.43 bits per heavy atom. The smallest absolute Gasteiger partial charge is 0.00368 e. The monoisotopic (exact) mass is 564 g/mol. The lowest BCUT2D eigenvalue weighted by molar-refractivity contribution is 0.555. The minimum Gasteiger partial charge on any atom is -0.330 e. The molecule has 0 saturated heterocycles. The van der Waals surface area contributed by atoms with Gasteiger partial charge < -0.3 is 21.7 Å². The number of nitrogens with one attached hydrogen (secondary N) is 3. The second kappa shape index (κ2) is 33.4. The molecule has 0 saturated carbocycles. The minimum absolute atomic E-state index is 0. The van der Waals surface area contributed by atoms with E-state index >= 15 is 0 Å². The summed E-state index contributed by atoms with van der Waals surface area (Å²) in [7, 11) is 0. The highest BCUT2D eigenvalue weighted by Gasteiger charge is 1.90. The highest BCUT2D eigenvalue weighted by Crippen LogP contribution is 1.90. The summed E-state index contributed by atoms with van der Waals surface area (Å²) in [6, 6.07) is 0. The molecule has 0 unspecified atom stereocenters. The Bertz CT molecular complexity index is 131. The van der Waals surface area contributed by atoms with Crippen molar-refractivity contribution in [1.82, 2.24) is 16.0 Å². The molecule has 0 aliphatic heterocycles. The van der Waals surface area contributed by atoms with E-state index in [1.807, 2.05) is 0 Å². The van der Waals surface area contributed by atoms with E-state index < -0.39 is 0 Å². The van der Waals surface area contributed by atoms with Crippen molar-refractivity contribution >= 4 is 67.9 Å². The molecule has 0 aromatic rings. The fourth-order valence-corrected chi connectivity index (χ4v) is 1.67. The van der Waals surface area contributed by atoms with Gasteiger partial charge in [0.25, 0.3) is 0 Å². The van der Waals surface area contributed by atoms with Gasteiger partial charge in [-0.05, 0) is 71.5 Å². The van der Waals surface area contributed by atoms with Crippen LogP contribution in [0.2, 0.25) is 0 Å². The summed E-state index contributed by atoms with van der Waals surface area (Å²) in [5.74, 6) is 0. The molecule has 0 aromatic carbocycles. The van der Waals surface area contributed by atoms with Crippen LogP contribution in [0.15, 0.2) is 0 Å². The third-order valence-electron chi connectivity index (χ3n) is 2.72. The molecule has 0 aliphatic rings. The minimum atomic E-state index is 0. The van der Waals surface area contributed by atoms with Gasteiger partial charge in [0.2, 0.25) is 0 Å². The summed E-state index contributed by atoms with van der Waals surface area (Å²) < 4.78 is 0. The van der Waals surface area contributed by atoms with E-state index in [1.165, 1.54) is 25.7 Å². The van der Waals surface area contributed by atoms with E-state index in [2.05, 4.69) is 22.9 Å². The molecule has 0 aromatic heterocycles. The zero-order valence-electron chi connectivity index (χ0n) is 13.2. The first kappa shape index (κ1) is 34.2. The van der Waals surface area contributed by atoms with E-state index in [0.29, 0.717) is 0 Å². The largest absolute Gasteiger partial charge is 0.330 e. The van der Waals surface area contributed by atoms with Crippen molar-refractivity contribution in [2.75, 3.05) is 45.8 Å². The van der Waals surface area contributed by atoms with Crippen LogP contribution in [0.25, 0.3) is 0 Å². The predicted molar refractivity (Wildman–Crippen MR) is 118 cm³/mol. The number of unbranched alkanes of at least 4 members (excludes halogenated alkanes) is 2. The van der Waals surface area contributed by atoms with E-state index in [4.69, 9.17) is 5.73 Å². The van der Waals surface area contributed by atoms with Gasteiger partial charge in [0.1, 0.15) is 0 Å². The van der Waals surface area contributed by atoms with Gasteiger partial charge in [0.05, 0.1) is 0 Å². The summed E-state index contributed by atoms with van der Waals surface area (Å²) >= 11 is 0. The van der Waals surface area contributed by atoms with E-state index in [1.54, 1.807) is 0 Å². The zero-order valence-corrected chi connectivity index (χ0v) is 20.0. The van der Waals surface area contributed by atoms with Crippen LogP contribution in [-0.4, -0.2) is 45.8 Å². The van der Waals surface area contributed by atoms with Gasteiger partial charge in [-0.1, -0.05) is 13.3 Å². The van der Waals surface area contributed by atoms with Gasteiger partial charge in [-0.2, -0.15) is 0 Å². The lowest BCUT2D eigenvalue weighted by Crippen LogP contribution is -2.25. The summed E-state index contributed by atoms with van der Waals surface area (Å²) in [5.41, 5.74) is 5.43. The molecule has 136 valence electrons. The van der Waals surface area contributed by atoms with Gasteiger partial charge >= 0.3 is 0 Å². The third kappa shape index (κ3) is 34.2. The molecular weight excluding hydrogens is 532 g/mol. The van der Waals surface area contributed by atoms with Crippen LogP contribution < -0.4 is 21.7 Å². The molecule has 8 heteroatoms. The molecule has 21 heavy (non-hydrogen) atoms.